The van der Waals surface area contributed by atoms with Gasteiger partial charge >= 0.3 is 0 Å². The van der Waals surface area contributed by atoms with Gasteiger partial charge in [-0.2, -0.15) is 0 Å². The van der Waals surface area contributed by atoms with Gasteiger partial charge in [-0.15, -0.1) is 0 Å². The van der Waals surface area contributed by atoms with Gasteiger partial charge in [0.1, 0.15) is 5.82 Å². The zero-order chi connectivity index (χ0) is 18.9. The lowest BCUT2D eigenvalue weighted by atomic mass is 10.2. The van der Waals surface area contributed by atoms with E-state index in [-0.39, 0.29) is 11.7 Å². The quantitative estimate of drug-likeness (QED) is 0.596. The molecule has 1 aromatic carbocycles. The van der Waals surface area contributed by atoms with Crippen LogP contribution in [-0.2, 0) is 4.79 Å². The van der Waals surface area contributed by atoms with Crippen molar-refractivity contribution in [3.05, 3.63) is 30.1 Å². The van der Waals surface area contributed by atoms with Gasteiger partial charge in [-0.25, -0.2) is 4.39 Å². The maximum absolute atomic E-state index is 13.0. The average Bonchev–Trinajstić information content (AvgIpc) is 2.65. The molecule has 6 nitrogen and oxygen atoms in total. The van der Waals surface area contributed by atoms with E-state index in [0.29, 0.717) is 32.0 Å². The molecule has 2 rings (SSSR count). The number of rotatable bonds is 6. The molecule has 0 aromatic heterocycles. The van der Waals surface area contributed by atoms with Crippen LogP contribution in [0.4, 0.5) is 10.1 Å². The molecule has 0 atom stereocenters. The number of hydrogen-bond acceptors (Lipinski definition) is 3. The molecule has 0 radical (unpaired) electrons. The molecule has 1 aliphatic heterocycles. The highest BCUT2D eigenvalue weighted by atomic mass is 19.1. The summed E-state index contributed by atoms with van der Waals surface area (Å²) in [7, 11) is 1.73. The topological polar surface area (TPSA) is 60.0 Å². The van der Waals surface area contributed by atoms with E-state index in [9.17, 15) is 9.18 Å². The number of hydrogen-bond donors (Lipinski definition) is 2. The van der Waals surface area contributed by atoms with Crippen LogP contribution in [-0.4, -0.2) is 63.1 Å². The highest BCUT2D eigenvalue weighted by molar-refractivity contribution is 5.81. The average molecular weight is 363 g/mol. The minimum atomic E-state index is -0.229. The van der Waals surface area contributed by atoms with Crippen LogP contribution in [0.1, 0.15) is 20.3 Å². The standard InChI is InChI=1S/C19H30FN5O/c1-15(2)14-23-19(21-3)22-9-8-18(26)25-12-10-24(11-13-25)17-6-4-16(20)5-7-17/h4-7,15H,8-14H2,1-3H3,(H2,21,22,23). The lowest BCUT2D eigenvalue weighted by molar-refractivity contribution is -0.131. The highest BCUT2D eigenvalue weighted by Gasteiger charge is 2.21. The summed E-state index contributed by atoms with van der Waals surface area (Å²) >= 11 is 0. The molecule has 0 aliphatic carbocycles. The van der Waals surface area contributed by atoms with E-state index in [2.05, 4.69) is 34.4 Å². The molecule has 144 valence electrons. The van der Waals surface area contributed by atoms with Crippen LogP contribution in [0.15, 0.2) is 29.3 Å². The van der Waals surface area contributed by atoms with Crippen molar-refractivity contribution < 1.29 is 9.18 Å². The molecule has 7 heteroatoms. The first-order valence-corrected chi connectivity index (χ1v) is 9.22. The van der Waals surface area contributed by atoms with Crippen molar-refractivity contribution in [1.82, 2.24) is 15.5 Å². The summed E-state index contributed by atoms with van der Waals surface area (Å²) in [6, 6.07) is 6.51. The largest absolute Gasteiger partial charge is 0.368 e. The third-order valence-corrected chi connectivity index (χ3v) is 4.36. The van der Waals surface area contributed by atoms with Crippen molar-refractivity contribution in [3.8, 4) is 0 Å². The molecule has 1 amide bonds. The predicted octanol–water partition coefficient (Wildman–Crippen LogP) is 1.69. The lowest BCUT2D eigenvalue weighted by Crippen LogP contribution is -2.49. The van der Waals surface area contributed by atoms with Crippen molar-refractivity contribution in [2.75, 3.05) is 51.2 Å². The summed E-state index contributed by atoms with van der Waals surface area (Å²) in [6.07, 6.45) is 0.443. The number of anilines is 1. The van der Waals surface area contributed by atoms with Gasteiger partial charge in [0.05, 0.1) is 0 Å². The number of halogens is 1. The molecule has 1 aromatic rings. The van der Waals surface area contributed by atoms with Crippen molar-refractivity contribution in [3.63, 3.8) is 0 Å². The van der Waals surface area contributed by atoms with Crippen molar-refractivity contribution in [2.24, 2.45) is 10.9 Å². The molecule has 1 aliphatic rings. The Morgan fingerprint density at radius 1 is 1.15 bits per heavy atom. The SMILES string of the molecule is CN=C(NCCC(=O)N1CCN(c2ccc(F)cc2)CC1)NCC(C)C. The summed E-state index contributed by atoms with van der Waals surface area (Å²) in [5.74, 6) is 1.18. The Balaban J connectivity index is 1.70. The van der Waals surface area contributed by atoms with Crippen LogP contribution in [0, 0.1) is 11.7 Å². The first kappa shape index (κ1) is 20.0. The van der Waals surface area contributed by atoms with Gasteiger partial charge in [-0.3, -0.25) is 9.79 Å². The number of aliphatic imine (C=N–C) groups is 1. The van der Waals surface area contributed by atoms with Crippen molar-refractivity contribution in [1.29, 1.82) is 0 Å². The van der Waals surface area contributed by atoms with E-state index in [1.54, 1.807) is 19.2 Å². The third kappa shape index (κ3) is 6.20. The molecule has 0 unspecified atom stereocenters. The van der Waals surface area contributed by atoms with E-state index in [1.165, 1.54) is 12.1 Å². The maximum Gasteiger partial charge on any atom is 0.224 e. The minimum Gasteiger partial charge on any atom is -0.368 e. The van der Waals surface area contributed by atoms with Gasteiger partial charge in [-0.1, -0.05) is 13.8 Å². The zero-order valence-electron chi connectivity index (χ0n) is 16.0. The van der Waals surface area contributed by atoms with Gasteiger partial charge in [0.15, 0.2) is 5.96 Å². The smallest absolute Gasteiger partial charge is 0.224 e. The van der Waals surface area contributed by atoms with Gasteiger partial charge < -0.3 is 20.4 Å². The second-order valence-electron chi connectivity index (χ2n) is 6.87. The second-order valence-corrected chi connectivity index (χ2v) is 6.87. The number of amides is 1. The minimum absolute atomic E-state index is 0.149. The number of carbonyl (C=O) groups is 1. The summed E-state index contributed by atoms with van der Waals surface area (Å²) in [5, 5.41) is 6.41. The van der Waals surface area contributed by atoms with Crippen LogP contribution in [0.2, 0.25) is 0 Å². The molecule has 1 saturated heterocycles. The van der Waals surface area contributed by atoms with Gasteiger partial charge in [0.25, 0.3) is 0 Å². The fraction of sp³-hybridized carbons (Fsp3) is 0.579. The Kier molecular flexibility index (Phi) is 7.69. The molecular weight excluding hydrogens is 333 g/mol. The number of carbonyl (C=O) groups excluding carboxylic acids is 1. The van der Waals surface area contributed by atoms with Crippen LogP contribution in [0.5, 0.6) is 0 Å². The maximum atomic E-state index is 13.0. The summed E-state index contributed by atoms with van der Waals surface area (Å²) in [5.41, 5.74) is 1.00. The van der Waals surface area contributed by atoms with E-state index in [0.717, 1.165) is 31.3 Å². The highest BCUT2D eigenvalue weighted by Crippen LogP contribution is 2.17. The fourth-order valence-electron chi connectivity index (χ4n) is 2.83. The predicted molar refractivity (Wildman–Crippen MR) is 104 cm³/mol. The Morgan fingerprint density at radius 3 is 2.38 bits per heavy atom. The number of benzene rings is 1. The fourth-order valence-corrected chi connectivity index (χ4v) is 2.83. The van der Waals surface area contributed by atoms with E-state index < -0.39 is 0 Å². The number of nitrogens with zero attached hydrogens (tertiary/aromatic N) is 3. The Labute approximate surface area is 155 Å². The van der Waals surface area contributed by atoms with E-state index >= 15 is 0 Å². The Hall–Kier alpha value is -2.31. The third-order valence-electron chi connectivity index (χ3n) is 4.36. The van der Waals surface area contributed by atoms with Gasteiger partial charge in [0.2, 0.25) is 5.91 Å². The Bertz CT molecular complexity index is 594. The van der Waals surface area contributed by atoms with Crippen LogP contribution >= 0.6 is 0 Å². The van der Waals surface area contributed by atoms with Gasteiger partial charge in [0, 0.05) is 58.4 Å². The summed E-state index contributed by atoms with van der Waals surface area (Å²) in [4.78, 5) is 20.6. The second kappa shape index (κ2) is 9.99. The molecular formula is C19H30FN5O. The normalized spacial score (nSPS) is 15.3. The molecule has 1 heterocycles. The summed E-state index contributed by atoms with van der Waals surface area (Å²) in [6.45, 7) is 8.59. The Morgan fingerprint density at radius 2 is 1.81 bits per heavy atom. The first-order chi connectivity index (χ1) is 12.5. The van der Waals surface area contributed by atoms with E-state index in [1.807, 2.05) is 4.90 Å². The molecule has 2 N–H and O–H groups in total. The molecule has 26 heavy (non-hydrogen) atoms. The number of nitrogens with one attached hydrogen (secondary N) is 2. The van der Waals surface area contributed by atoms with Crippen LogP contribution in [0.3, 0.4) is 0 Å². The van der Waals surface area contributed by atoms with Gasteiger partial charge in [-0.05, 0) is 30.2 Å². The number of guanidine groups is 1. The molecule has 1 fully saturated rings. The number of piperazine rings is 1. The lowest BCUT2D eigenvalue weighted by Gasteiger charge is -2.36. The van der Waals surface area contributed by atoms with Crippen LogP contribution < -0.4 is 15.5 Å². The summed E-state index contributed by atoms with van der Waals surface area (Å²) < 4.78 is 13.0. The molecule has 0 spiro atoms. The van der Waals surface area contributed by atoms with E-state index in [4.69, 9.17) is 0 Å². The molecule has 0 saturated carbocycles. The zero-order valence-corrected chi connectivity index (χ0v) is 16.0. The molecule has 0 bridgehead atoms. The first-order valence-electron chi connectivity index (χ1n) is 9.22. The monoisotopic (exact) mass is 363 g/mol. The van der Waals surface area contributed by atoms with Crippen molar-refractivity contribution in [2.45, 2.75) is 20.3 Å². The van der Waals surface area contributed by atoms with Crippen LogP contribution in [0.25, 0.3) is 0 Å². The van der Waals surface area contributed by atoms with Crippen molar-refractivity contribution >= 4 is 17.6 Å².